The molecule has 0 aliphatic carbocycles. The van der Waals surface area contributed by atoms with Crippen molar-refractivity contribution in [3.8, 4) is 17.1 Å². The molecule has 2 heterocycles. The molecule has 0 saturated carbocycles. The first-order chi connectivity index (χ1) is 12.4. The van der Waals surface area contributed by atoms with Gasteiger partial charge in [0.2, 0.25) is 0 Å². The number of ether oxygens (including phenoxy) is 3. The smallest absolute Gasteiger partial charge is 0.359 e. The number of aromatic amines is 1. The minimum absolute atomic E-state index is 0.368. The molecule has 1 N–H and O–H groups in total. The van der Waals surface area contributed by atoms with Crippen LogP contribution in [0.1, 0.15) is 31.3 Å². The van der Waals surface area contributed by atoms with Crippen molar-refractivity contribution in [2.24, 2.45) is 0 Å². The van der Waals surface area contributed by atoms with Gasteiger partial charge in [0.15, 0.2) is 11.5 Å². The van der Waals surface area contributed by atoms with E-state index >= 15 is 0 Å². The summed E-state index contributed by atoms with van der Waals surface area (Å²) in [6, 6.07) is 7.53. The second-order valence-corrected chi connectivity index (χ2v) is 7.11. The number of benzene rings is 1. The molecule has 140 valence electrons. The van der Waals surface area contributed by atoms with Crippen molar-refractivity contribution in [3.05, 3.63) is 30.0 Å². The lowest BCUT2D eigenvalue weighted by Gasteiger charge is -2.27. The van der Waals surface area contributed by atoms with Crippen LogP contribution in [-0.4, -0.2) is 55.0 Å². The summed E-state index contributed by atoms with van der Waals surface area (Å²) in [4.78, 5) is 22.6. The van der Waals surface area contributed by atoms with Crippen molar-refractivity contribution in [2.45, 2.75) is 26.4 Å². The first-order valence-electron chi connectivity index (χ1n) is 8.68. The van der Waals surface area contributed by atoms with Crippen LogP contribution in [0.2, 0.25) is 0 Å². The Morgan fingerprint density at radius 2 is 1.85 bits per heavy atom. The van der Waals surface area contributed by atoms with E-state index in [1.807, 2.05) is 49.9 Å². The number of nitrogens with one attached hydrogen (secondary N) is 1. The zero-order valence-corrected chi connectivity index (χ0v) is 15.7. The second kappa shape index (κ2) is 7.37. The van der Waals surface area contributed by atoms with Crippen LogP contribution >= 0.6 is 0 Å². The maximum atomic E-state index is 12.7. The van der Waals surface area contributed by atoms with Gasteiger partial charge in [0.25, 0.3) is 0 Å². The van der Waals surface area contributed by atoms with E-state index in [1.165, 1.54) is 0 Å². The molecule has 1 aliphatic heterocycles. The third kappa shape index (κ3) is 4.16. The number of anilines is 1. The van der Waals surface area contributed by atoms with Crippen LogP contribution in [0.5, 0.6) is 5.75 Å². The SMILES string of the molecule is COc1ccc(-c2nc(N3CCOCC3)c(C(=O)OC(C)(C)C)[nH]2)cc1. The third-order valence-corrected chi connectivity index (χ3v) is 3.96. The summed E-state index contributed by atoms with van der Waals surface area (Å²) in [6.45, 7) is 8.13. The molecule has 26 heavy (non-hydrogen) atoms. The topological polar surface area (TPSA) is 76.7 Å². The van der Waals surface area contributed by atoms with E-state index in [0.29, 0.717) is 43.6 Å². The molecular formula is C19H25N3O4. The molecular weight excluding hydrogens is 334 g/mol. The highest BCUT2D eigenvalue weighted by Crippen LogP contribution is 2.27. The standard InChI is InChI=1S/C19H25N3O4/c1-19(2,3)26-18(23)15-17(22-9-11-25-12-10-22)21-16(20-15)13-5-7-14(24-4)8-6-13/h5-8H,9-12H2,1-4H3,(H,20,21). The van der Waals surface area contributed by atoms with Gasteiger partial charge in [-0.15, -0.1) is 0 Å². The van der Waals surface area contributed by atoms with Gasteiger partial charge < -0.3 is 24.1 Å². The highest BCUT2D eigenvalue weighted by atomic mass is 16.6. The van der Waals surface area contributed by atoms with Crippen molar-refractivity contribution < 1.29 is 19.0 Å². The molecule has 0 spiro atoms. The Balaban J connectivity index is 1.97. The zero-order chi connectivity index (χ0) is 18.7. The zero-order valence-electron chi connectivity index (χ0n) is 15.7. The highest BCUT2D eigenvalue weighted by molar-refractivity contribution is 5.94. The van der Waals surface area contributed by atoms with E-state index in [9.17, 15) is 4.79 Å². The van der Waals surface area contributed by atoms with Gasteiger partial charge >= 0.3 is 5.97 Å². The number of esters is 1. The van der Waals surface area contributed by atoms with E-state index < -0.39 is 11.6 Å². The fourth-order valence-electron chi connectivity index (χ4n) is 2.73. The molecule has 1 saturated heterocycles. The molecule has 0 unspecified atom stereocenters. The maximum Gasteiger partial charge on any atom is 0.359 e. The highest BCUT2D eigenvalue weighted by Gasteiger charge is 2.27. The van der Waals surface area contributed by atoms with Gasteiger partial charge in [-0.2, -0.15) is 0 Å². The third-order valence-electron chi connectivity index (χ3n) is 3.96. The van der Waals surface area contributed by atoms with Crippen LogP contribution in [0.15, 0.2) is 24.3 Å². The van der Waals surface area contributed by atoms with Crippen molar-refractivity contribution in [2.75, 3.05) is 38.3 Å². The summed E-state index contributed by atoms with van der Waals surface area (Å²) in [5.74, 6) is 1.58. The molecule has 1 fully saturated rings. The lowest BCUT2D eigenvalue weighted by molar-refractivity contribution is 0.00638. The fraction of sp³-hybridized carbons (Fsp3) is 0.474. The number of carbonyl (C=O) groups is 1. The molecule has 2 aromatic rings. The maximum absolute atomic E-state index is 12.7. The van der Waals surface area contributed by atoms with E-state index in [-0.39, 0.29) is 0 Å². The second-order valence-electron chi connectivity index (χ2n) is 7.11. The first-order valence-corrected chi connectivity index (χ1v) is 8.68. The van der Waals surface area contributed by atoms with Gasteiger partial charge in [0.1, 0.15) is 17.2 Å². The lowest BCUT2D eigenvalue weighted by Crippen LogP contribution is -2.37. The van der Waals surface area contributed by atoms with Gasteiger partial charge in [-0.3, -0.25) is 0 Å². The Hall–Kier alpha value is -2.54. The Morgan fingerprint density at radius 3 is 2.42 bits per heavy atom. The first kappa shape index (κ1) is 18.3. The average Bonchev–Trinajstić information content (AvgIpc) is 3.07. The van der Waals surface area contributed by atoms with Crippen LogP contribution < -0.4 is 9.64 Å². The quantitative estimate of drug-likeness (QED) is 0.846. The van der Waals surface area contributed by atoms with Gasteiger partial charge in [0, 0.05) is 18.7 Å². The monoisotopic (exact) mass is 359 g/mol. The van der Waals surface area contributed by atoms with Gasteiger partial charge in [-0.25, -0.2) is 9.78 Å². The molecule has 0 radical (unpaired) electrons. The van der Waals surface area contributed by atoms with E-state index in [1.54, 1.807) is 7.11 Å². The molecule has 1 aliphatic rings. The van der Waals surface area contributed by atoms with Crippen LogP contribution in [0, 0.1) is 0 Å². The van der Waals surface area contributed by atoms with Gasteiger partial charge in [-0.1, -0.05) is 0 Å². The van der Waals surface area contributed by atoms with Gasteiger partial charge in [0.05, 0.1) is 20.3 Å². The molecule has 0 bridgehead atoms. The number of carbonyl (C=O) groups excluding carboxylic acids is 1. The Labute approximate surface area is 153 Å². The van der Waals surface area contributed by atoms with E-state index in [0.717, 1.165) is 11.3 Å². The molecule has 0 atom stereocenters. The van der Waals surface area contributed by atoms with Crippen LogP contribution in [0.3, 0.4) is 0 Å². The number of hydrogen-bond acceptors (Lipinski definition) is 6. The summed E-state index contributed by atoms with van der Waals surface area (Å²) in [5, 5.41) is 0. The van der Waals surface area contributed by atoms with Crippen LogP contribution in [0.25, 0.3) is 11.4 Å². The Bertz CT molecular complexity index is 756. The number of aromatic nitrogens is 2. The van der Waals surface area contributed by atoms with Crippen molar-refractivity contribution in [3.63, 3.8) is 0 Å². The summed E-state index contributed by atoms with van der Waals surface area (Å²) in [5.41, 5.74) is 0.660. The molecule has 7 heteroatoms. The molecule has 0 amide bonds. The Kier molecular flexibility index (Phi) is 5.18. The predicted octanol–water partition coefficient (Wildman–Crippen LogP) is 2.88. The van der Waals surface area contributed by atoms with Crippen molar-refractivity contribution in [1.82, 2.24) is 9.97 Å². The molecule has 7 nitrogen and oxygen atoms in total. The predicted molar refractivity (Wildman–Crippen MR) is 98.8 cm³/mol. The molecule has 3 rings (SSSR count). The van der Waals surface area contributed by atoms with Crippen molar-refractivity contribution >= 4 is 11.8 Å². The fourth-order valence-corrected chi connectivity index (χ4v) is 2.73. The van der Waals surface area contributed by atoms with Crippen molar-refractivity contribution in [1.29, 1.82) is 0 Å². The minimum Gasteiger partial charge on any atom is -0.497 e. The normalized spacial score (nSPS) is 15.0. The molecule has 1 aromatic heterocycles. The summed E-state index contributed by atoms with van der Waals surface area (Å²) >= 11 is 0. The molecule has 1 aromatic carbocycles. The summed E-state index contributed by atoms with van der Waals surface area (Å²) in [6.07, 6.45) is 0. The number of methoxy groups -OCH3 is 1. The van der Waals surface area contributed by atoms with Crippen LogP contribution in [0.4, 0.5) is 5.82 Å². The summed E-state index contributed by atoms with van der Waals surface area (Å²) in [7, 11) is 1.62. The number of morpholine rings is 1. The lowest BCUT2D eigenvalue weighted by atomic mass is 10.2. The van der Waals surface area contributed by atoms with E-state index in [2.05, 4.69) is 9.97 Å². The summed E-state index contributed by atoms with van der Waals surface area (Å²) < 4.78 is 16.2. The Morgan fingerprint density at radius 1 is 1.19 bits per heavy atom. The average molecular weight is 359 g/mol. The minimum atomic E-state index is -0.579. The number of H-pyrrole nitrogens is 1. The number of hydrogen-bond donors (Lipinski definition) is 1. The number of nitrogens with zero attached hydrogens (tertiary/aromatic N) is 2. The number of imidazole rings is 1. The van der Waals surface area contributed by atoms with E-state index in [4.69, 9.17) is 14.2 Å². The van der Waals surface area contributed by atoms with Crippen LogP contribution in [-0.2, 0) is 9.47 Å². The van der Waals surface area contributed by atoms with Gasteiger partial charge in [-0.05, 0) is 45.0 Å². The largest absolute Gasteiger partial charge is 0.497 e. The number of rotatable bonds is 4.